The first kappa shape index (κ1) is 13.9. The van der Waals surface area contributed by atoms with Crippen molar-refractivity contribution >= 4 is 22.5 Å². The van der Waals surface area contributed by atoms with Crippen molar-refractivity contribution in [3.63, 3.8) is 0 Å². The molecule has 1 unspecified atom stereocenters. The van der Waals surface area contributed by atoms with Crippen LogP contribution >= 0.6 is 11.6 Å². The minimum atomic E-state index is 0.683. The van der Waals surface area contributed by atoms with Crippen LogP contribution in [0.1, 0.15) is 25.5 Å². The van der Waals surface area contributed by atoms with Gasteiger partial charge in [0.25, 0.3) is 0 Å². The first-order valence-corrected chi connectivity index (χ1v) is 7.87. The maximum Gasteiger partial charge on any atom is 0.0705 e. The topological polar surface area (TPSA) is 31.1 Å². The van der Waals surface area contributed by atoms with E-state index in [1.807, 2.05) is 12.1 Å². The average Bonchev–Trinajstić information content (AvgIpc) is 3.05. The van der Waals surface area contributed by atoms with Gasteiger partial charge in [-0.2, -0.15) is 0 Å². The molecule has 2 N–H and O–H groups in total. The van der Waals surface area contributed by atoms with E-state index in [0.29, 0.717) is 6.04 Å². The summed E-state index contributed by atoms with van der Waals surface area (Å²) < 4.78 is 0. The van der Waals surface area contributed by atoms with Gasteiger partial charge in [-0.3, -0.25) is 4.90 Å². The highest BCUT2D eigenvalue weighted by molar-refractivity contribution is 6.36. The summed E-state index contributed by atoms with van der Waals surface area (Å²) in [5.74, 6) is 0. The number of hydrogen-bond acceptors (Lipinski definition) is 2. The second-order valence-electron chi connectivity index (χ2n) is 5.52. The zero-order valence-corrected chi connectivity index (χ0v) is 12.7. The van der Waals surface area contributed by atoms with Crippen molar-refractivity contribution in [3.8, 4) is 0 Å². The van der Waals surface area contributed by atoms with Crippen molar-refractivity contribution in [2.75, 3.05) is 19.6 Å². The standard InChI is InChI=1S/C16H22ClN3/c1-2-20-9-5-6-12(20)10-18-11-15-16(17)13-7-3-4-8-14(13)19-15/h3-4,7-8,12,18-19H,2,5-6,9-11H2,1H3. The minimum Gasteiger partial charge on any atom is -0.356 e. The van der Waals surface area contributed by atoms with Gasteiger partial charge < -0.3 is 10.3 Å². The normalized spacial score (nSPS) is 20.0. The third kappa shape index (κ3) is 2.71. The van der Waals surface area contributed by atoms with Crippen LogP contribution in [0, 0.1) is 0 Å². The van der Waals surface area contributed by atoms with E-state index < -0.39 is 0 Å². The molecule has 0 amide bonds. The summed E-state index contributed by atoms with van der Waals surface area (Å²) in [6.07, 6.45) is 2.63. The van der Waals surface area contributed by atoms with Gasteiger partial charge in [-0.1, -0.05) is 36.7 Å². The number of para-hydroxylation sites is 1. The van der Waals surface area contributed by atoms with E-state index in [0.717, 1.165) is 41.3 Å². The number of aromatic amines is 1. The molecule has 3 rings (SSSR count). The SMILES string of the molecule is CCN1CCCC1CNCc1[nH]c2ccccc2c1Cl. The number of hydrogen-bond donors (Lipinski definition) is 2. The van der Waals surface area contributed by atoms with Gasteiger partial charge >= 0.3 is 0 Å². The molecule has 2 aromatic rings. The Morgan fingerprint density at radius 1 is 1.40 bits per heavy atom. The molecule has 1 aromatic heterocycles. The van der Waals surface area contributed by atoms with Gasteiger partial charge in [0.15, 0.2) is 0 Å². The number of likely N-dealkylation sites (tertiary alicyclic amines) is 1. The van der Waals surface area contributed by atoms with Gasteiger partial charge in [-0.05, 0) is 32.0 Å². The molecule has 1 aliphatic rings. The summed E-state index contributed by atoms with van der Waals surface area (Å²) in [6.45, 7) is 6.49. The van der Waals surface area contributed by atoms with Gasteiger partial charge in [0.05, 0.1) is 5.02 Å². The third-order valence-corrected chi connectivity index (χ3v) is 4.73. The first-order chi connectivity index (χ1) is 9.79. The predicted octanol–water partition coefficient (Wildman–Crippen LogP) is 3.40. The lowest BCUT2D eigenvalue weighted by Gasteiger charge is -2.22. The Morgan fingerprint density at radius 2 is 2.25 bits per heavy atom. The van der Waals surface area contributed by atoms with Crippen molar-refractivity contribution in [1.82, 2.24) is 15.2 Å². The summed E-state index contributed by atoms with van der Waals surface area (Å²) >= 11 is 6.43. The fourth-order valence-corrected chi connectivity index (χ4v) is 3.47. The second kappa shape index (κ2) is 6.17. The molecule has 0 bridgehead atoms. The number of nitrogens with zero attached hydrogens (tertiary/aromatic N) is 1. The Labute approximate surface area is 125 Å². The molecule has 1 aromatic carbocycles. The number of nitrogens with one attached hydrogen (secondary N) is 2. The molecule has 0 saturated carbocycles. The third-order valence-electron chi connectivity index (χ3n) is 4.30. The molecule has 108 valence electrons. The van der Waals surface area contributed by atoms with Crippen molar-refractivity contribution in [2.24, 2.45) is 0 Å². The largest absolute Gasteiger partial charge is 0.356 e. The number of rotatable bonds is 5. The number of fused-ring (bicyclic) bond motifs is 1. The van der Waals surface area contributed by atoms with E-state index >= 15 is 0 Å². The van der Waals surface area contributed by atoms with Crippen LogP contribution in [0.5, 0.6) is 0 Å². The summed E-state index contributed by atoms with van der Waals surface area (Å²) in [5, 5.41) is 5.52. The van der Waals surface area contributed by atoms with Crippen molar-refractivity contribution in [2.45, 2.75) is 32.4 Å². The van der Waals surface area contributed by atoms with Crippen LogP contribution in [0.25, 0.3) is 10.9 Å². The molecule has 2 heterocycles. The van der Waals surface area contributed by atoms with Gasteiger partial charge in [-0.15, -0.1) is 0 Å². The summed E-state index contributed by atoms with van der Waals surface area (Å²) in [6, 6.07) is 8.87. The fourth-order valence-electron chi connectivity index (χ4n) is 3.19. The molecular formula is C16H22ClN3. The molecule has 1 atom stereocenters. The maximum atomic E-state index is 6.43. The molecule has 4 heteroatoms. The van der Waals surface area contributed by atoms with Gasteiger partial charge in [0, 0.05) is 35.7 Å². The van der Waals surface area contributed by atoms with E-state index in [-0.39, 0.29) is 0 Å². The lowest BCUT2D eigenvalue weighted by molar-refractivity contribution is 0.259. The van der Waals surface area contributed by atoms with Crippen molar-refractivity contribution < 1.29 is 0 Å². The summed E-state index contributed by atoms with van der Waals surface area (Å²) in [7, 11) is 0. The van der Waals surface area contributed by atoms with Crippen LogP contribution in [0.4, 0.5) is 0 Å². The Bertz CT molecular complexity index is 578. The van der Waals surface area contributed by atoms with Gasteiger partial charge in [0.2, 0.25) is 0 Å². The highest BCUT2D eigenvalue weighted by atomic mass is 35.5. The van der Waals surface area contributed by atoms with E-state index in [1.54, 1.807) is 0 Å². The number of H-pyrrole nitrogens is 1. The Hall–Kier alpha value is -1.03. The highest BCUT2D eigenvalue weighted by Crippen LogP contribution is 2.27. The molecule has 3 nitrogen and oxygen atoms in total. The van der Waals surface area contributed by atoms with Crippen molar-refractivity contribution in [1.29, 1.82) is 0 Å². The quantitative estimate of drug-likeness (QED) is 0.885. The van der Waals surface area contributed by atoms with Gasteiger partial charge in [-0.25, -0.2) is 0 Å². The van der Waals surface area contributed by atoms with E-state index in [9.17, 15) is 0 Å². The zero-order chi connectivity index (χ0) is 13.9. The summed E-state index contributed by atoms with van der Waals surface area (Å²) in [5.41, 5.74) is 2.21. The molecule has 0 spiro atoms. The lowest BCUT2D eigenvalue weighted by Crippen LogP contribution is -2.37. The van der Waals surface area contributed by atoms with E-state index in [4.69, 9.17) is 11.6 Å². The van der Waals surface area contributed by atoms with Crippen LogP contribution in [0.3, 0.4) is 0 Å². The van der Waals surface area contributed by atoms with Crippen LogP contribution < -0.4 is 5.32 Å². The number of benzene rings is 1. The predicted molar refractivity (Wildman–Crippen MR) is 85.3 cm³/mol. The smallest absolute Gasteiger partial charge is 0.0705 e. The van der Waals surface area contributed by atoms with Gasteiger partial charge in [0.1, 0.15) is 0 Å². The lowest BCUT2D eigenvalue weighted by atomic mass is 10.2. The minimum absolute atomic E-state index is 0.683. The maximum absolute atomic E-state index is 6.43. The van der Waals surface area contributed by atoms with Crippen molar-refractivity contribution in [3.05, 3.63) is 35.0 Å². The molecule has 1 aliphatic heterocycles. The Morgan fingerprint density at radius 3 is 3.05 bits per heavy atom. The zero-order valence-electron chi connectivity index (χ0n) is 12.0. The monoisotopic (exact) mass is 291 g/mol. The molecule has 1 saturated heterocycles. The molecular weight excluding hydrogens is 270 g/mol. The van der Waals surface area contributed by atoms with Crippen LogP contribution in [0.2, 0.25) is 5.02 Å². The molecule has 0 aliphatic carbocycles. The fraction of sp³-hybridized carbons (Fsp3) is 0.500. The van der Waals surface area contributed by atoms with Crippen LogP contribution in [-0.2, 0) is 6.54 Å². The molecule has 20 heavy (non-hydrogen) atoms. The Balaban J connectivity index is 1.61. The molecule has 0 radical (unpaired) electrons. The van der Waals surface area contributed by atoms with Crippen LogP contribution in [0.15, 0.2) is 24.3 Å². The number of likely N-dealkylation sites (N-methyl/N-ethyl adjacent to an activating group) is 1. The first-order valence-electron chi connectivity index (χ1n) is 7.49. The van der Waals surface area contributed by atoms with E-state index in [1.165, 1.54) is 19.4 Å². The number of halogens is 1. The Kier molecular flexibility index (Phi) is 4.29. The highest BCUT2D eigenvalue weighted by Gasteiger charge is 2.22. The molecule has 1 fully saturated rings. The number of aromatic nitrogens is 1. The average molecular weight is 292 g/mol. The second-order valence-corrected chi connectivity index (χ2v) is 5.90. The van der Waals surface area contributed by atoms with E-state index in [2.05, 4.69) is 34.3 Å². The summed E-state index contributed by atoms with van der Waals surface area (Å²) in [4.78, 5) is 5.96. The van der Waals surface area contributed by atoms with Crippen LogP contribution in [-0.4, -0.2) is 35.6 Å².